The highest BCUT2D eigenvalue weighted by Gasteiger charge is 2.33. The van der Waals surface area contributed by atoms with Gasteiger partial charge in [0, 0.05) is 38.3 Å². The fourth-order valence-electron chi connectivity index (χ4n) is 3.52. The molecule has 0 aromatic heterocycles. The Kier molecular flexibility index (Phi) is 4.96. The molecule has 3 aliphatic rings. The van der Waals surface area contributed by atoms with Gasteiger partial charge in [0.05, 0.1) is 0 Å². The molecule has 5 heteroatoms. The second-order valence-corrected chi connectivity index (χ2v) is 6.32. The predicted molar refractivity (Wildman–Crippen MR) is 78.8 cm³/mol. The molecule has 1 N–H and O–H groups in total. The summed E-state index contributed by atoms with van der Waals surface area (Å²) in [5.74, 6) is 0.788. The quantitative estimate of drug-likeness (QED) is 0.740. The molecule has 0 aromatic carbocycles. The Morgan fingerprint density at radius 2 is 1.58 bits per heavy atom. The lowest BCUT2D eigenvalue weighted by Crippen LogP contribution is -2.49. The first-order valence-electron chi connectivity index (χ1n) is 7.52. The van der Waals surface area contributed by atoms with Gasteiger partial charge in [0.15, 0.2) is 0 Å². The van der Waals surface area contributed by atoms with Gasteiger partial charge in [-0.05, 0) is 38.0 Å². The number of piperidine rings is 1. The zero-order valence-corrected chi connectivity index (χ0v) is 12.6. The van der Waals surface area contributed by atoms with Gasteiger partial charge in [0.1, 0.15) is 0 Å². The van der Waals surface area contributed by atoms with Gasteiger partial charge < -0.3 is 15.1 Å². The first-order chi connectivity index (χ1) is 8.72. The Balaban J connectivity index is 0.00000133. The molecule has 0 aliphatic carbocycles. The van der Waals surface area contributed by atoms with Crippen molar-refractivity contribution in [3.05, 3.63) is 0 Å². The third kappa shape index (κ3) is 3.34. The number of nitrogens with one attached hydrogen (secondary N) is 1. The van der Waals surface area contributed by atoms with E-state index in [-0.39, 0.29) is 18.4 Å². The topological polar surface area (TPSA) is 35.6 Å². The van der Waals surface area contributed by atoms with Crippen LogP contribution in [0.3, 0.4) is 0 Å². The summed E-state index contributed by atoms with van der Waals surface area (Å²) in [5.41, 5.74) is 0. The molecule has 2 atom stereocenters. The van der Waals surface area contributed by atoms with E-state index in [9.17, 15) is 4.79 Å². The molecule has 3 heterocycles. The van der Waals surface area contributed by atoms with E-state index in [0.717, 1.165) is 38.5 Å². The van der Waals surface area contributed by atoms with E-state index >= 15 is 0 Å². The van der Waals surface area contributed by atoms with Gasteiger partial charge in [0.2, 0.25) is 0 Å². The number of rotatable bonds is 0. The monoisotopic (exact) mass is 287 g/mol. The summed E-state index contributed by atoms with van der Waals surface area (Å²) in [6.07, 6.45) is 6.01. The molecule has 0 spiro atoms. The van der Waals surface area contributed by atoms with Crippen molar-refractivity contribution in [2.24, 2.45) is 5.92 Å². The van der Waals surface area contributed by atoms with Crippen LogP contribution >= 0.6 is 12.4 Å². The number of nitrogens with zero attached hydrogens (tertiary/aromatic N) is 2. The number of halogens is 1. The lowest BCUT2D eigenvalue weighted by Gasteiger charge is -2.35. The summed E-state index contributed by atoms with van der Waals surface area (Å²) < 4.78 is 0. The van der Waals surface area contributed by atoms with Gasteiger partial charge in [0.25, 0.3) is 0 Å². The summed E-state index contributed by atoms with van der Waals surface area (Å²) in [6.45, 7) is 6.06. The molecular formula is C14H26ClN3O. The zero-order valence-electron chi connectivity index (χ0n) is 11.8. The van der Waals surface area contributed by atoms with Crippen LogP contribution in [-0.2, 0) is 0 Å². The normalized spacial score (nSPS) is 31.8. The number of carbonyl (C=O) groups excluding carboxylic acids is 1. The molecule has 3 rings (SSSR count). The third-order valence-electron chi connectivity index (χ3n) is 4.85. The Morgan fingerprint density at radius 3 is 2.32 bits per heavy atom. The maximum Gasteiger partial charge on any atom is 0.320 e. The van der Waals surface area contributed by atoms with E-state index in [1.807, 2.05) is 0 Å². The predicted octanol–water partition coefficient (Wildman–Crippen LogP) is 2.09. The van der Waals surface area contributed by atoms with E-state index in [1.54, 1.807) is 0 Å². The Labute approximate surface area is 122 Å². The van der Waals surface area contributed by atoms with Gasteiger partial charge in [-0.2, -0.15) is 0 Å². The smallest absolute Gasteiger partial charge is 0.320 e. The number of hydrogen-bond donors (Lipinski definition) is 1. The molecular weight excluding hydrogens is 262 g/mol. The molecule has 2 amide bonds. The second kappa shape index (κ2) is 6.31. The van der Waals surface area contributed by atoms with Gasteiger partial charge in [-0.1, -0.05) is 6.92 Å². The van der Waals surface area contributed by atoms with Gasteiger partial charge >= 0.3 is 6.03 Å². The third-order valence-corrected chi connectivity index (χ3v) is 4.85. The maximum absolute atomic E-state index is 12.5. The van der Waals surface area contributed by atoms with Crippen molar-refractivity contribution in [2.75, 3.05) is 26.2 Å². The summed E-state index contributed by atoms with van der Waals surface area (Å²) in [6, 6.07) is 1.50. The van der Waals surface area contributed by atoms with Crippen LogP contribution in [-0.4, -0.2) is 54.1 Å². The van der Waals surface area contributed by atoms with Crippen LogP contribution in [0.5, 0.6) is 0 Å². The number of urea groups is 1. The second-order valence-electron chi connectivity index (χ2n) is 6.32. The van der Waals surface area contributed by atoms with Gasteiger partial charge in [-0.25, -0.2) is 4.79 Å². The van der Waals surface area contributed by atoms with Crippen molar-refractivity contribution < 1.29 is 4.79 Å². The molecule has 4 nitrogen and oxygen atoms in total. The molecule has 0 saturated carbocycles. The van der Waals surface area contributed by atoms with Crippen LogP contribution in [0.15, 0.2) is 0 Å². The zero-order chi connectivity index (χ0) is 12.5. The first-order valence-corrected chi connectivity index (χ1v) is 7.52. The fourth-order valence-corrected chi connectivity index (χ4v) is 3.52. The van der Waals surface area contributed by atoms with Crippen molar-refractivity contribution in [2.45, 2.75) is 51.1 Å². The lowest BCUT2D eigenvalue weighted by atomic mass is 9.99. The minimum atomic E-state index is 0. The van der Waals surface area contributed by atoms with Gasteiger partial charge in [-0.15, -0.1) is 12.4 Å². The standard InChI is InChI=1S/C14H25N3O.ClH/c1-11-4-7-16(8-5-11)14(18)17-9-6-12-2-3-13(10-17)15-12;/h11-13,15H,2-10H2,1H3;1H. The number of fused-ring (bicyclic) bond motifs is 2. The van der Waals surface area contributed by atoms with Crippen LogP contribution < -0.4 is 5.32 Å². The first kappa shape index (κ1) is 14.9. The Hall–Kier alpha value is -0.480. The van der Waals surface area contributed by atoms with Crippen molar-refractivity contribution in [1.29, 1.82) is 0 Å². The lowest BCUT2D eigenvalue weighted by molar-refractivity contribution is 0.132. The largest absolute Gasteiger partial charge is 0.325 e. The fraction of sp³-hybridized carbons (Fsp3) is 0.929. The van der Waals surface area contributed by atoms with Crippen LogP contribution in [0.25, 0.3) is 0 Å². The molecule has 3 fully saturated rings. The average molecular weight is 288 g/mol. The minimum Gasteiger partial charge on any atom is -0.325 e. The number of likely N-dealkylation sites (tertiary alicyclic amines) is 2. The molecule has 3 saturated heterocycles. The molecule has 0 aromatic rings. The summed E-state index contributed by atoms with van der Waals surface area (Å²) >= 11 is 0. The summed E-state index contributed by atoms with van der Waals surface area (Å²) in [7, 11) is 0. The summed E-state index contributed by atoms with van der Waals surface area (Å²) in [4.78, 5) is 16.7. The number of amides is 2. The average Bonchev–Trinajstić information content (AvgIpc) is 2.69. The van der Waals surface area contributed by atoms with Crippen LogP contribution in [0.4, 0.5) is 4.79 Å². The van der Waals surface area contributed by atoms with Crippen molar-refractivity contribution in [1.82, 2.24) is 15.1 Å². The van der Waals surface area contributed by atoms with Crippen molar-refractivity contribution in [3.8, 4) is 0 Å². The number of carbonyl (C=O) groups is 1. The van der Waals surface area contributed by atoms with E-state index in [1.165, 1.54) is 25.7 Å². The molecule has 19 heavy (non-hydrogen) atoms. The Morgan fingerprint density at radius 1 is 0.947 bits per heavy atom. The van der Waals surface area contributed by atoms with E-state index in [0.29, 0.717) is 12.1 Å². The minimum absolute atomic E-state index is 0. The molecule has 2 unspecified atom stereocenters. The van der Waals surface area contributed by atoms with Crippen LogP contribution in [0.2, 0.25) is 0 Å². The Bertz CT molecular complexity index is 318. The molecule has 0 radical (unpaired) electrons. The highest BCUT2D eigenvalue weighted by atomic mass is 35.5. The van der Waals surface area contributed by atoms with E-state index < -0.39 is 0 Å². The van der Waals surface area contributed by atoms with Crippen molar-refractivity contribution in [3.63, 3.8) is 0 Å². The van der Waals surface area contributed by atoms with E-state index in [2.05, 4.69) is 22.0 Å². The highest BCUT2D eigenvalue weighted by Crippen LogP contribution is 2.23. The SMILES string of the molecule is CC1CCN(C(=O)N2CCC3CCC(C2)N3)CC1.Cl. The van der Waals surface area contributed by atoms with Gasteiger partial charge in [-0.3, -0.25) is 0 Å². The summed E-state index contributed by atoms with van der Waals surface area (Å²) in [5, 5.41) is 3.64. The van der Waals surface area contributed by atoms with Crippen molar-refractivity contribution >= 4 is 18.4 Å². The van der Waals surface area contributed by atoms with E-state index in [4.69, 9.17) is 0 Å². The maximum atomic E-state index is 12.5. The number of hydrogen-bond acceptors (Lipinski definition) is 2. The molecule has 2 bridgehead atoms. The van der Waals surface area contributed by atoms with Crippen LogP contribution in [0.1, 0.15) is 39.0 Å². The highest BCUT2D eigenvalue weighted by molar-refractivity contribution is 5.85. The molecule has 110 valence electrons. The van der Waals surface area contributed by atoms with Crippen LogP contribution in [0, 0.1) is 5.92 Å². The molecule has 3 aliphatic heterocycles.